The van der Waals surface area contributed by atoms with E-state index in [2.05, 4.69) is 47.9 Å². The topological polar surface area (TPSA) is 34.5 Å². The van der Waals surface area contributed by atoms with Crippen molar-refractivity contribution in [2.75, 3.05) is 0 Å². The van der Waals surface area contributed by atoms with Crippen LogP contribution in [0.15, 0.2) is 71.9 Å². The Balaban J connectivity index is 1.92. The number of pyridine rings is 1. The first kappa shape index (κ1) is 20.5. The normalized spacial score (nSPS) is 11.0. The SMILES string of the molecule is C=Nc1c(OCc2ccccc2)ccc(-c2ccc(CCCC)nc2)c1/C=C\C. The van der Waals surface area contributed by atoms with Crippen LogP contribution in [0.25, 0.3) is 17.2 Å². The minimum atomic E-state index is 0.492. The van der Waals surface area contributed by atoms with E-state index < -0.39 is 0 Å². The lowest BCUT2D eigenvalue weighted by molar-refractivity contribution is 0.307. The van der Waals surface area contributed by atoms with E-state index in [4.69, 9.17) is 4.74 Å². The van der Waals surface area contributed by atoms with Crippen molar-refractivity contribution in [2.45, 2.75) is 39.7 Å². The molecule has 1 aromatic heterocycles. The summed E-state index contributed by atoms with van der Waals surface area (Å²) in [5.41, 5.74) is 6.15. The van der Waals surface area contributed by atoms with E-state index in [1.54, 1.807) is 0 Å². The standard InChI is InChI=1S/C26H28N2O/c1-4-6-13-22-15-14-21(18-28-22)23-16-17-25(26(27-3)24(23)10-5-2)29-19-20-11-8-7-9-12-20/h5,7-12,14-18H,3-4,6,13,19H2,1-2H3/b10-5-. The van der Waals surface area contributed by atoms with Crippen molar-refractivity contribution in [3.05, 3.63) is 83.7 Å². The zero-order valence-electron chi connectivity index (χ0n) is 17.3. The van der Waals surface area contributed by atoms with Crippen molar-refractivity contribution in [3.8, 4) is 16.9 Å². The molecule has 3 aromatic rings. The van der Waals surface area contributed by atoms with Gasteiger partial charge in [-0.25, -0.2) is 0 Å². The van der Waals surface area contributed by atoms with Crippen LogP contribution in [0.4, 0.5) is 5.69 Å². The fourth-order valence-electron chi connectivity index (χ4n) is 3.28. The Morgan fingerprint density at radius 3 is 2.55 bits per heavy atom. The molecule has 0 bridgehead atoms. The summed E-state index contributed by atoms with van der Waals surface area (Å²) in [6, 6.07) is 18.4. The molecule has 0 aliphatic carbocycles. The van der Waals surface area contributed by atoms with Crippen LogP contribution in [0.3, 0.4) is 0 Å². The van der Waals surface area contributed by atoms with Gasteiger partial charge < -0.3 is 4.74 Å². The van der Waals surface area contributed by atoms with Crippen LogP contribution in [0.2, 0.25) is 0 Å². The maximum absolute atomic E-state index is 6.07. The van der Waals surface area contributed by atoms with Crippen LogP contribution < -0.4 is 4.74 Å². The predicted molar refractivity (Wildman–Crippen MR) is 123 cm³/mol. The number of aliphatic imine (C=N–C) groups is 1. The highest BCUT2D eigenvalue weighted by Gasteiger charge is 2.14. The molecule has 0 saturated heterocycles. The maximum atomic E-state index is 6.07. The van der Waals surface area contributed by atoms with Crippen LogP contribution in [-0.4, -0.2) is 11.7 Å². The molecule has 0 saturated carbocycles. The first-order chi connectivity index (χ1) is 14.3. The second kappa shape index (κ2) is 10.4. The number of hydrogen-bond donors (Lipinski definition) is 0. The summed E-state index contributed by atoms with van der Waals surface area (Å²) in [7, 11) is 0. The van der Waals surface area contributed by atoms with Gasteiger partial charge in [0, 0.05) is 23.0 Å². The third-order valence-corrected chi connectivity index (χ3v) is 4.83. The summed E-state index contributed by atoms with van der Waals surface area (Å²) < 4.78 is 6.07. The Hall–Kier alpha value is -3.20. The van der Waals surface area contributed by atoms with E-state index in [1.807, 2.05) is 55.6 Å². The fourth-order valence-corrected chi connectivity index (χ4v) is 3.28. The summed E-state index contributed by atoms with van der Waals surface area (Å²) in [5, 5.41) is 0. The van der Waals surface area contributed by atoms with Gasteiger partial charge in [0.15, 0.2) is 0 Å². The van der Waals surface area contributed by atoms with Gasteiger partial charge in [0.1, 0.15) is 18.0 Å². The zero-order chi connectivity index (χ0) is 20.5. The van der Waals surface area contributed by atoms with Crippen molar-refractivity contribution in [1.29, 1.82) is 0 Å². The van der Waals surface area contributed by atoms with Crippen molar-refractivity contribution < 1.29 is 4.74 Å². The second-order valence-electron chi connectivity index (χ2n) is 6.95. The lowest BCUT2D eigenvalue weighted by Crippen LogP contribution is -1.97. The number of hydrogen-bond acceptors (Lipinski definition) is 3. The van der Waals surface area contributed by atoms with Crippen LogP contribution in [-0.2, 0) is 13.0 Å². The number of rotatable bonds is 9. The summed E-state index contributed by atoms with van der Waals surface area (Å²) >= 11 is 0. The highest BCUT2D eigenvalue weighted by atomic mass is 16.5. The van der Waals surface area contributed by atoms with Crippen molar-refractivity contribution in [2.24, 2.45) is 4.99 Å². The summed E-state index contributed by atoms with van der Waals surface area (Å²) in [6.07, 6.45) is 9.37. The summed E-state index contributed by atoms with van der Waals surface area (Å²) in [6.45, 7) is 8.48. The molecule has 0 unspecified atom stereocenters. The molecule has 0 atom stereocenters. The molecule has 0 amide bonds. The molecule has 3 heteroatoms. The highest BCUT2D eigenvalue weighted by Crippen LogP contribution is 2.39. The van der Waals surface area contributed by atoms with Crippen molar-refractivity contribution in [1.82, 2.24) is 4.98 Å². The first-order valence-electron chi connectivity index (χ1n) is 10.1. The minimum absolute atomic E-state index is 0.492. The largest absolute Gasteiger partial charge is 0.487 e. The van der Waals surface area contributed by atoms with Crippen LogP contribution in [0.5, 0.6) is 5.75 Å². The summed E-state index contributed by atoms with van der Waals surface area (Å²) in [5.74, 6) is 0.730. The van der Waals surface area contributed by atoms with E-state index >= 15 is 0 Å². The molecule has 0 aliphatic rings. The highest BCUT2D eigenvalue weighted by molar-refractivity contribution is 5.85. The Morgan fingerprint density at radius 1 is 1.07 bits per heavy atom. The van der Waals surface area contributed by atoms with Gasteiger partial charge in [-0.05, 0) is 55.8 Å². The van der Waals surface area contributed by atoms with Crippen LogP contribution >= 0.6 is 0 Å². The number of aromatic nitrogens is 1. The van der Waals surface area contributed by atoms with Gasteiger partial charge in [0.05, 0.1) is 0 Å². The molecule has 0 radical (unpaired) electrons. The Labute approximate surface area is 173 Å². The van der Waals surface area contributed by atoms with Gasteiger partial charge in [-0.15, -0.1) is 0 Å². The average Bonchev–Trinajstić information content (AvgIpc) is 2.77. The van der Waals surface area contributed by atoms with E-state index in [-0.39, 0.29) is 0 Å². The molecular weight excluding hydrogens is 356 g/mol. The fraction of sp³-hybridized carbons (Fsp3) is 0.231. The number of aryl methyl sites for hydroxylation is 1. The number of unbranched alkanes of at least 4 members (excludes halogenated alkanes) is 1. The third-order valence-electron chi connectivity index (χ3n) is 4.83. The molecule has 2 aromatic carbocycles. The van der Waals surface area contributed by atoms with E-state index in [1.165, 1.54) is 6.42 Å². The summed E-state index contributed by atoms with van der Waals surface area (Å²) in [4.78, 5) is 8.95. The van der Waals surface area contributed by atoms with Crippen LogP contribution in [0.1, 0.15) is 43.5 Å². The van der Waals surface area contributed by atoms with E-state index in [0.717, 1.165) is 52.2 Å². The number of nitrogens with zero attached hydrogens (tertiary/aromatic N) is 2. The second-order valence-corrected chi connectivity index (χ2v) is 6.95. The van der Waals surface area contributed by atoms with Gasteiger partial charge in [-0.1, -0.05) is 61.9 Å². The number of ether oxygens (including phenoxy) is 1. The number of allylic oxidation sites excluding steroid dienone is 1. The Kier molecular flexibility index (Phi) is 7.34. The third kappa shape index (κ3) is 5.20. The van der Waals surface area contributed by atoms with Crippen molar-refractivity contribution >= 4 is 18.5 Å². The van der Waals surface area contributed by atoms with Gasteiger partial charge >= 0.3 is 0 Å². The molecule has 0 fully saturated rings. The molecule has 148 valence electrons. The van der Waals surface area contributed by atoms with Crippen molar-refractivity contribution in [3.63, 3.8) is 0 Å². The average molecular weight is 385 g/mol. The molecule has 3 rings (SSSR count). The Bertz CT molecular complexity index is 960. The molecule has 0 aliphatic heterocycles. The molecule has 29 heavy (non-hydrogen) atoms. The molecule has 3 nitrogen and oxygen atoms in total. The Morgan fingerprint density at radius 2 is 1.90 bits per heavy atom. The lowest BCUT2D eigenvalue weighted by Gasteiger charge is -2.15. The van der Waals surface area contributed by atoms with E-state index in [0.29, 0.717) is 6.61 Å². The minimum Gasteiger partial charge on any atom is -0.487 e. The van der Waals surface area contributed by atoms with E-state index in [9.17, 15) is 0 Å². The maximum Gasteiger partial charge on any atom is 0.146 e. The molecule has 0 spiro atoms. The molecule has 0 N–H and O–H groups in total. The molecular formula is C26H28N2O. The first-order valence-corrected chi connectivity index (χ1v) is 10.1. The van der Waals surface area contributed by atoms with Gasteiger partial charge in [-0.3, -0.25) is 9.98 Å². The van der Waals surface area contributed by atoms with Gasteiger partial charge in [0.25, 0.3) is 0 Å². The monoisotopic (exact) mass is 384 g/mol. The zero-order valence-corrected chi connectivity index (χ0v) is 17.3. The van der Waals surface area contributed by atoms with Gasteiger partial charge in [-0.2, -0.15) is 0 Å². The van der Waals surface area contributed by atoms with Crippen LogP contribution in [0, 0.1) is 0 Å². The number of benzene rings is 2. The quantitative estimate of drug-likeness (QED) is 0.371. The molecule has 1 heterocycles. The predicted octanol–water partition coefficient (Wildman–Crippen LogP) is 7.04. The van der Waals surface area contributed by atoms with Gasteiger partial charge in [0.2, 0.25) is 0 Å². The smallest absolute Gasteiger partial charge is 0.146 e. The lowest BCUT2D eigenvalue weighted by atomic mass is 9.98.